The van der Waals surface area contributed by atoms with E-state index in [1.165, 1.54) is 25.3 Å². The number of nitrogens with one attached hydrogen (secondary N) is 1. The fourth-order valence-corrected chi connectivity index (χ4v) is 2.67. The fourth-order valence-electron chi connectivity index (χ4n) is 2.67. The Bertz CT molecular complexity index is 801. The van der Waals surface area contributed by atoms with Gasteiger partial charge in [0.15, 0.2) is 22.9 Å². The number of carbonyl (C=O) groups excluding carboxylic acids is 2. The number of fused-ring (bicyclic) bond motifs is 1. The van der Waals surface area contributed by atoms with Gasteiger partial charge in [0.05, 0.1) is 13.5 Å². The van der Waals surface area contributed by atoms with Crippen molar-refractivity contribution in [1.82, 2.24) is 0 Å². The summed E-state index contributed by atoms with van der Waals surface area (Å²) in [5.41, 5.74) is -0.862. The number of ether oxygens (including phenoxy) is 1. The minimum atomic E-state index is -1.91. The highest BCUT2D eigenvalue weighted by Gasteiger charge is 2.46. The van der Waals surface area contributed by atoms with Crippen molar-refractivity contribution in [3.63, 3.8) is 0 Å². The van der Waals surface area contributed by atoms with Crippen molar-refractivity contribution < 1.29 is 24.5 Å². The zero-order chi connectivity index (χ0) is 16.6. The highest BCUT2D eigenvalue weighted by atomic mass is 16.5. The van der Waals surface area contributed by atoms with Gasteiger partial charge < -0.3 is 20.3 Å². The molecule has 118 valence electrons. The SMILES string of the molecule is COc1ccc(C(=O)CC2(O)C(=O)Nc3ccccc32)cc1O. The van der Waals surface area contributed by atoms with Crippen LogP contribution in [0.3, 0.4) is 0 Å². The largest absolute Gasteiger partial charge is 0.504 e. The van der Waals surface area contributed by atoms with Gasteiger partial charge in [-0.1, -0.05) is 18.2 Å². The lowest BCUT2D eigenvalue weighted by molar-refractivity contribution is -0.133. The van der Waals surface area contributed by atoms with E-state index >= 15 is 0 Å². The van der Waals surface area contributed by atoms with Crippen LogP contribution in [0.15, 0.2) is 42.5 Å². The monoisotopic (exact) mass is 313 g/mol. The Labute approximate surface area is 132 Å². The molecule has 23 heavy (non-hydrogen) atoms. The Morgan fingerprint density at radius 2 is 2.00 bits per heavy atom. The van der Waals surface area contributed by atoms with Gasteiger partial charge in [0.25, 0.3) is 5.91 Å². The summed E-state index contributed by atoms with van der Waals surface area (Å²) in [6.07, 6.45) is -0.415. The molecule has 0 spiro atoms. The molecule has 3 N–H and O–H groups in total. The average Bonchev–Trinajstić information content (AvgIpc) is 2.78. The number of benzene rings is 2. The van der Waals surface area contributed by atoms with E-state index in [1.54, 1.807) is 24.3 Å². The summed E-state index contributed by atoms with van der Waals surface area (Å²) in [6, 6.07) is 10.9. The molecule has 1 amide bonds. The number of rotatable bonds is 4. The second kappa shape index (κ2) is 5.40. The standard InChI is InChI=1S/C17H15NO5/c1-23-15-7-6-10(8-13(15)19)14(20)9-17(22)11-4-2-3-5-12(11)18-16(17)21/h2-8,19,22H,9H2,1H3,(H,18,21). The number of aromatic hydroxyl groups is 1. The van der Waals surface area contributed by atoms with Crippen LogP contribution in [-0.4, -0.2) is 29.0 Å². The molecule has 1 aliphatic heterocycles. The number of Topliss-reactive ketones (excluding diaryl/α,β-unsaturated/α-hetero) is 1. The Morgan fingerprint density at radius 3 is 2.70 bits per heavy atom. The third-order valence-electron chi connectivity index (χ3n) is 3.91. The minimum Gasteiger partial charge on any atom is -0.504 e. The molecule has 0 fully saturated rings. The number of aliphatic hydroxyl groups is 1. The van der Waals surface area contributed by atoms with Crippen LogP contribution in [0, 0.1) is 0 Å². The van der Waals surface area contributed by atoms with Gasteiger partial charge in [0.2, 0.25) is 0 Å². The molecular formula is C17H15NO5. The van der Waals surface area contributed by atoms with E-state index in [0.29, 0.717) is 11.3 Å². The van der Waals surface area contributed by atoms with E-state index in [0.717, 1.165) is 0 Å². The predicted molar refractivity (Wildman–Crippen MR) is 82.6 cm³/mol. The van der Waals surface area contributed by atoms with Gasteiger partial charge in [-0.15, -0.1) is 0 Å². The zero-order valence-corrected chi connectivity index (χ0v) is 12.4. The number of carbonyl (C=O) groups is 2. The molecule has 0 radical (unpaired) electrons. The third-order valence-corrected chi connectivity index (χ3v) is 3.91. The van der Waals surface area contributed by atoms with Crippen molar-refractivity contribution in [2.75, 3.05) is 12.4 Å². The number of amides is 1. The molecular weight excluding hydrogens is 298 g/mol. The first-order valence-corrected chi connectivity index (χ1v) is 6.99. The Morgan fingerprint density at radius 1 is 1.26 bits per heavy atom. The van der Waals surface area contributed by atoms with Crippen molar-refractivity contribution in [2.45, 2.75) is 12.0 Å². The van der Waals surface area contributed by atoms with Gasteiger partial charge in [0.1, 0.15) is 0 Å². The number of para-hydroxylation sites is 1. The predicted octanol–water partition coefficient (Wildman–Crippen LogP) is 1.81. The van der Waals surface area contributed by atoms with Crippen molar-refractivity contribution in [3.05, 3.63) is 53.6 Å². The minimum absolute atomic E-state index is 0.179. The summed E-state index contributed by atoms with van der Waals surface area (Å²) >= 11 is 0. The number of phenols is 1. The molecule has 1 atom stereocenters. The summed E-state index contributed by atoms with van der Waals surface area (Å²) in [7, 11) is 1.40. The van der Waals surface area contributed by atoms with Crippen LogP contribution < -0.4 is 10.1 Å². The maximum absolute atomic E-state index is 12.4. The van der Waals surface area contributed by atoms with Crippen molar-refractivity contribution in [3.8, 4) is 11.5 Å². The van der Waals surface area contributed by atoms with E-state index in [-0.39, 0.29) is 17.1 Å². The molecule has 1 heterocycles. The molecule has 6 nitrogen and oxygen atoms in total. The van der Waals surface area contributed by atoms with Crippen LogP contribution in [0.1, 0.15) is 22.3 Å². The lowest BCUT2D eigenvalue weighted by atomic mass is 9.88. The molecule has 3 rings (SSSR count). The lowest BCUT2D eigenvalue weighted by Gasteiger charge is -2.20. The smallest absolute Gasteiger partial charge is 0.261 e. The highest BCUT2D eigenvalue weighted by Crippen LogP contribution is 2.39. The fraction of sp³-hybridized carbons (Fsp3) is 0.176. The Kier molecular flexibility index (Phi) is 3.54. The summed E-state index contributed by atoms with van der Waals surface area (Å²) in [4.78, 5) is 24.5. The number of anilines is 1. The van der Waals surface area contributed by atoms with Crippen LogP contribution in [-0.2, 0) is 10.4 Å². The molecule has 0 aliphatic carbocycles. The van der Waals surface area contributed by atoms with Crippen LogP contribution >= 0.6 is 0 Å². The number of hydrogen-bond acceptors (Lipinski definition) is 5. The average molecular weight is 313 g/mol. The van der Waals surface area contributed by atoms with Crippen LogP contribution in [0.4, 0.5) is 5.69 Å². The van der Waals surface area contributed by atoms with Gasteiger partial charge in [-0.2, -0.15) is 0 Å². The molecule has 0 bridgehead atoms. The van der Waals surface area contributed by atoms with E-state index in [1.807, 2.05) is 0 Å². The third kappa shape index (κ3) is 2.43. The summed E-state index contributed by atoms with van der Waals surface area (Å²) < 4.78 is 4.92. The molecule has 1 aliphatic rings. The van der Waals surface area contributed by atoms with Crippen molar-refractivity contribution >= 4 is 17.4 Å². The van der Waals surface area contributed by atoms with E-state index in [4.69, 9.17) is 4.74 Å². The first-order chi connectivity index (χ1) is 11.0. The molecule has 0 saturated heterocycles. The van der Waals surface area contributed by atoms with Crippen LogP contribution in [0.2, 0.25) is 0 Å². The normalized spacial score (nSPS) is 19.1. The highest BCUT2D eigenvalue weighted by molar-refractivity contribution is 6.09. The Balaban J connectivity index is 1.91. The van der Waals surface area contributed by atoms with E-state index in [9.17, 15) is 19.8 Å². The summed E-state index contributed by atoms with van der Waals surface area (Å²) in [6.45, 7) is 0. The number of ketones is 1. The van der Waals surface area contributed by atoms with Crippen molar-refractivity contribution in [2.24, 2.45) is 0 Å². The molecule has 1 unspecified atom stereocenters. The second-order valence-electron chi connectivity index (χ2n) is 5.35. The topological polar surface area (TPSA) is 95.9 Å². The maximum Gasteiger partial charge on any atom is 0.261 e. The van der Waals surface area contributed by atoms with Gasteiger partial charge in [0, 0.05) is 16.8 Å². The summed E-state index contributed by atoms with van der Waals surface area (Å²) in [5, 5.41) is 23.0. The number of hydrogen-bond donors (Lipinski definition) is 3. The van der Waals surface area contributed by atoms with Crippen molar-refractivity contribution in [1.29, 1.82) is 0 Å². The van der Waals surface area contributed by atoms with Gasteiger partial charge >= 0.3 is 0 Å². The molecule has 2 aromatic rings. The first kappa shape index (κ1) is 15.1. The molecule has 0 saturated carbocycles. The van der Waals surface area contributed by atoms with Crippen LogP contribution in [0.5, 0.6) is 11.5 Å². The first-order valence-electron chi connectivity index (χ1n) is 6.99. The van der Waals surface area contributed by atoms with Gasteiger partial charge in [-0.25, -0.2) is 0 Å². The van der Waals surface area contributed by atoms with Crippen LogP contribution in [0.25, 0.3) is 0 Å². The number of methoxy groups -OCH3 is 1. The molecule has 2 aromatic carbocycles. The van der Waals surface area contributed by atoms with E-state index < -0.39 is 23.7 Å². The molecule has 0 aromatic heterocycles. The Hall–Kier alpha value is -2.86. The lowest BCUT2D eigenvalue weighted by Crippen LogP contribution is -2.36. The second-order valence-corrected chi connectivity index (χ2v) is 5.35. The summed E-state index contributed by atoms with van der Waals surface area (Å²) in [5.74, 6) is -1.03. The zero-order valence-electron chi connectivity index (χ0n) is 12.4. The van der Waals surface area contributed by atoms with Gasteiger partial charge in [-0.05, 0) is 24.3 Å². The van der Waals surface area contributed by atoms with Gasteiger partial charge in [-0.3, -0.25) is 9.59 Å². The molecule has 6 heteroatoms. The maximum atomic E-state index is 12.4. The van der Waals surface area contributed by atoms with E-state index in [2.05, 4.69) is 5.32 Å². The number of phenolic OH excluding ortho intramolecular Hbond substituents is 1. The quantitative estimate of drug-likeness (QED) is 0.748.